The number of benzene rings is 1. The van der Waals surface area contributed by atoms with Crippen LogP contribution in [0.15, 0.2) is 30.6 Å². The van der Waals surface area contributed by atoms with Gasteiger partial charge in [0, 0.05) is 6.42 Å². The van der Waals surface area contributed by atoms with Crippen LogP contribution in [-0.2, 0) is 12.8 Å². The first-order valence-electron chi connectivity index (χ1n) is 6.37. The Labute approximate surface area is 112 Å². The first-order valence-corrected chi connectivity index (χ1v) is 6.37. The molecular formula is C14H17N5. The second kappa shape index (κ2) is 6.12. The molecule has 2 N–H and O–H groups in total. The fourth-order valence-corrected chi connectivity index (χ4v) is 1.90. The van der Waals surface area contributed by atoms with E-state index in [9.17, 15) is 5.26 Å². The highest BCUT2D eigenvalue weighted by Crippen LogP contribution is 2.17. The minimum atomic E-state index is -0.440. The maximum Gasteiger partial charge on any atom is 0.165 e. The maximum atomic E-state index is 9.34. The lowest BCUT2D eigenvalue weighted by atomic mass is 10.1. The number of aromatic nitrogens is 3. The van der Waals surface area contributed by atoms with Gasteiger partial charge in [-0.2, -0.15) is 10.4 Å². The zero-order valence-electron chi connectivity index (χ0n) is 11.0. The molecule has 0 spiro atoms. The van der Waals surface area contributed by atoms with E-state index in [0.29, 0.717) is 18.8 Å². The summed E-state index contributed by atoms with van der Waals surface area (Å²) in [6, 6.07) is 9.83. The molecule has 0 radical (unpaired) electrons. The van der Waals surface area contributed by atoms with Crippen LogP contribution in [0.4, 0.5) is 0 Å². The number of hydrogen-bond acceptors (Lipinski definition) is 4. The molecule has 0 saturated carbocycles. The van der Waals surface area contributed by atoms with E-state index >= 15 is 0 Å². The summed E-state index contributed by atoms with van der Waals surface area (Å²) in [5.41, 5.74) is 7.64. The first kappa shape index (κ1) is 13.2. The zero-order chi connectivity index (χ0) is 13.7. The van der Waals surface area contributed by atoms with Crippen molar-refractivity contribution in [2.24, 2.45) is 5.73 Å². The Morgan fingerprint density at radius 2 is 2.11 bits per heavy atom. The maximum absolute atomic E-state index is 9.34. The van der Waals surface area contributed by atoms with Crippen molar-refractivity contribution >= 4 is 0 Å². The van der Waals surface area contributed by atoms with Crippen LogP contribution >= 0.6 is 0 Å². The van der Waals surface area contributed by atoms with Gasteiger partial charge < -0.3 is 5.73 Å². The highest BCUT2D eigenvalue weighted by molar-refractivity contribution is 5.28. The SMILES string of the molecule is CCc1ccc(C(C#N)n2cnc(CCN)n2)cc1. The topological polar surface area (TPSA) is 80.5 Å². The van der Waals surface area contributed by atoms with Crippen molar-refractivity contribution in [1.82, 2.24) is 14.8 Å². The molecule has 5 heteroatoms. The Bertz CT molecular complexity index is 564. The van der Waals surface area contributed by atoms with E-state index in [0.717, 1.165) is 12.0 Å². The molecule has 0 aliphatic rings. The Morgan fingerprint density at radius 3 is 2.68 bits per heavy atom. The number of nitrogens with zero attached hydrogens (tertiary/aromatic N) is 4. The summed E-state index contributed by atoms with van der Waals surface area (Å²) < 4.78 is 1.59. The van der Waals surface area contributed by atoms with Gasteiger partial charge in [-0.25, -0.2) is 9.67 Å². The molecule has 2 aromatic rings. The standard InChI is InChI=1S/C14H17N5/c1-2-11-3-5-12(6-4-11)13(9-16)19-10-17-14(18-19)7-8-15/h3-6,10,13H,2,7-8,15H2,1H3. The fourth-order valence-electron chi connectivity index (χ4n) is 1.90. The van der Waals surface area contributed by atoms with Crippen LogP contribution in [0.25, 0.3) is 0 Å². The molecule has 0 aliphatic carbocycles. The van der Waals surface area contributed by atoms with E-state index in [1.54, 1.807) is 11.0 Å². The van der Waals surface area contributed by atoms with Crippen molar-refractivity contribution < 1.29 is 0 Å². The molecule has 0 saturated heterocycles. The van der Waals surface area contributed by atoms with Crippen LogP contribution in [0.1, 0.15) is 29.9 Å². The summed E-state index contributed by atoms with van der Waals surface area (Å²) in [6.07, 6.45) is 3.20. The van der Waals surface area contributed by atoms with Gasteiger partial charge in [-0.1, -0.05) is 31.2 Å². The predicted octanol–water partition coefficient (Wildman–Crippen LogP) is 1.45. The second-order valence-electron chi connectivity index (χ2n) is 4.31. The van der Waals surface area contributed by atoms with Crippen LogP contribution in [0.2, 0.25) is 0 Å². The molecule has 5 nitrogen and oxygen atoms in total. The van der Waals surface area contributed by atoms with Gasteiger partial charge in [0.05, 0.1) is 6.07 Å². The van der Waals surface area contributed by atoms with E-state index in [1.165, 1.54) is 5.56 Å². The van der Waals surface area contributed by atoms with Crippen LogP contribution in [0.3, 0.4) is 0 Å². The van der Waals surface area contributed by atoms with Crippen molar-refractivity contribution in [2.75, 3.05) is 6.54 Å². The lowest BCUT2D eigenvalue weighted by Gasteiger charge is -2.09. The van der Waals surface area contributed by atoms with Crippen molar-refractivity contribution in [2.45, 2.75) is 25.8 Å². The van der Waals surface area contributed by atoms with E-state index in [-0.39, 0.29) is 0 Å². The average Bonchev–Trinajstić information content (AvgIpc) is 2.89. The van der Waals surface area contributed by atoms with Crippen molar-refractivity contribution in [1.29, 1.82) is 5.26 Å². The van der Waals surface area contributed by atoms with Gasteiger partial charge in [-0.15, -0.1) is 0 Å². The van der Waals surface area contributed by atoms with Crippen LogP contribution < -0.4 is 5.73 Å². The van der Waals surface area contributed by atoms with Crippen molar-refractivity contribution in [3.8, 4) is 6.07 Å². The fraction of sp³-hybridized carbons (Fsp3) is 0.357. The van der Waals surface area contributed by atoms with Crippen LogP contribution in [-0.4, -0.2) is 21.3 Å². The number of nitriles is 1. The molecule has 1 aromatic heterocycles. The minimum Gasteiger partial charge on any atom is -0.330 e. The molecule has 0 bridgehead atoms. The summed E-state index contributed by atoms with van der Waals surface area (Å²) in [4.78, 5) is 4.15. The highest BCUT2D eigenvalue weighted by atomic mass is 15.3. The summed E-state index contributed by atoms with van der Waals surface area (Å²) in [5.74, 6) is 0.674. The van der Waals surface area contributed by atoms with E-state index in [2.05, 4.69) is 23.1 Å². The highest BCUT2D eigenvalue weighted by Gasteiger charge is 2.14. The van der Waals surface area contributed by atoms with Gasteiger partial charge in [0.25, 0.3) is 0 Å². The third-order valence-corrected chi connectivity index (χ3v) is 3.01. The smallest absolute Gasteiger partial charge is 0.165 e. The van der Waals surface area contributed by atoms with E-state index in [1.807, 2.05) is 24.3 Å². The minimum absolute atomic E-state index is 0.440. The van der Waals surface area contributed by atoms with E-state index in [4.69, 9.17) is 5.73 Å². The third-order valence-electron chi connectivity index (χ3n) is 3.01. The number of aryl methyl sites for hydroxylation is 1. The largest absolute Gasteiger partial charge is 0.330 e. The molecule has 0 amide bonds. The first-order chi connectivity index (χ1) is 9.28. The molecule has 98 valence electrons. The van der Waals surface area contributed by atoms with E-state index < -0.39 is 6.04 Å². The van der Waals surface area contributed by atoms with Gasteiger partial charge in [-0.3, -0.25) is 0 Å². The average molecular weight is 255 g/mol. The Hall–Kier alpha value is -2.19. The molecule has 1 aromatic carbocycles. The van der Waals surface area contributed by atoms with Crippen molar-refractivity contribution in [3.05, 3.63) is 47.5 Å². The Kier molecular flexibility index (Phi) is 4.26. The number of rotatable bonds is 5. The van der Waals surface area contributed by atoms with Crippen LogP contribution in [0.5, 0.6) is 0 Å². The lowest BCUT2D eigenvalue weighted by Crippen LogP contribution is -2.10. The Morgan fingerprint density at radius 1 is 1.37 bits per heavy atom. The summed E-state index contributed by atoms with van der Waals surface area (Å²) in [6.45, 7) is 2.61. The summed E-state index contributed by atoms with van der Waals surface area (Å²) >= 11 is 0. The van der Waals surface area contributed by atoms with Gasteiger partial charge in [-0.05, 0) is 24.1 Å². The normalized spacial score (nSPS) is 12.1. The van der Waals surface area contributed by atoms with Gasteiger partial charge in [0.15, 0.2) is 11.9 Å². The molecule has 2 rings (SSSR count). The molecule has 1 unspecified atom stereocenters. The molecular weight excluding hydrogens is 238 g/mol. The lowest BCUT2D eigenvalue weighted by molar-refractivity contribution is 0.610. The molecule has 1 heterocycles. The zero-order valence-corrected chi connectivity index (χ0v) is 11.0. The number of hydrogen-bond donors (Lipinski definition) is 1. The van der Waals surface area contributed by atoms with Gasteiger partial charge in [0.1, 0.15) is 6.33 Å². The Balaban J connectivity index is 2.25. The van der Waals surface area contributed by atoms with Gasteiger partial charge in [0.2, 0.25) is 0 Å². The molecule has 1 atom stereocenters. The van der Waals surface area contributed by atoms with Crippen molar-refractivity contribution in [3.63, 3.8) is 0 Å². The monoisotopic (exact) mass is 255 g/mol. The quantitative estimate of drug-likeness (QED) is 0.877. The summed E-state index contributed by atoms with van der Waals surface area (Å²) in [5, 5.41) is 13.6. The predicted molar refractivity (Wildman–Crippen MR) is 72.4 cm³/mol. The molecule has 19 heavy (non-hydrogen) atoms. The number of nitrogens with two attached hydrogens (primary N) is 1. The summed E-state index contributed by atoms with van der Waals surface area (Å²) in [7, 11) is 0. The van der Waals surface area contributed by atoms with Gasteiger partial charge >= 0.3 is 0 Å². The molecule has 0 fully saturated rings. The van der Waals surface area contributed by atoms with Crippen LogP contribution in [0, 0.1) is 11.3 Å². The third kappa shape index (κ3) is 2.98. The second-order valence-corrected chi connectivity index (χ2v) is 4.31. The molecule has 0 aliphatic heterocycles.